The molecule has 0 aromatic carbocycles. The maximum Gasteiger partial charge on any atom is 0.0428 e. The molecule has 5 heavy (non-hydrogen) atoms. The predicted molar refractivity (Wildman–Crippen MR) is 19.5 cm³/mol. The van der Waals surface area contributed by atoms with E-state index in [9.17, 15) is 0 Å². The van der Waals surface area contributed by atoms with Gasteiger partial charge in [-0.3, -0.25) is 0 Å². The normalized spacial score (nSPS) is 6.00. The average Bonchev–Trinajstić information content (AvgIpc) is 1.37. The van der Waals surface area contributed by atoms with E-state index < -0.39 is 0 Å². The lowest BCUT2D eigenvalue weighted by Gasteiger charge is -1.69. The third kappa shape index (κ3) is 17.1. The summed E-state index contributed by atoms with van der Waals surface area (Å²) in [5.41, 5.74) is 0. The van der Waals surface area contributed by atoms with Gasteiger partial charge in [0.25, 0.3) is 0 Å². The van der Waals surface area contributed by atoms with Crippen LogP contribution < -0.4 is 6.15 Å². The van der Waals surface area contributed by atoms with Crippen LogP contribution >= 0.6 is 0 Å². The van der Waals surface area contributed by atoms with Gasteiger partial charge >= 0.3 is 0 Å². The highest BCUT2D eigenvalue weighted by molar-refractivity contribution is 4.10. The van der Waals surface area contributed by atoms with Gasteiger partial charge in [0.1, 0.15) is 0 Å². The highest BCUT2D eigenvalue weighted by atomic mass is 16.2. The Kier molecular flexibility index (Phi) is 16.1. The van der Waals surface area contributed by atoms with Gasteiger partial charge in [0.05, 0.1) is 0 Å². The van der Waals surface area contributed by atoms with Crippen LogP contribution in [0.25, 0.3) is 0 Å². The van der Waals surface area contributed by atoms with Gasteiger partial charge in [-0.25, -0.2) is 0 Å². The molecule has 0 spiro atoms. The minimum Gasteiger partial charge on any atom is -0.396 e. The Bertz CT molecular complexity index is 8.85. The Morgan fingerprint density at radius 2 is 1.80 bits per heavy atom. The molecule has 0 aromatic heterocycles. The van der Waals surface area contributed by atoms with Gasteiger partial charge in [0.15, 0.2) is 0 Å². The van der Waals surface area contributed by atoms with Gasteiger partial charge in [-0.05, 0) is 6.42 Å². The van der Waals surface area contributed by atoms with Crippen molar-refractivity contribution < 1.29 is 5.11 Å². The lowest BCUT2D eigenvalue weighted by molar-refractivity contribution is 0.295. The molecule has 2 heteroatoms. The Morgan fingerprint density at radius 3 is 1.80 bits per heavy atom. The zero-order valence-corrected chi connectivity index (χ0v) is 3.31. The van der Waals surface area contributed by atoms with Crippen LogP contribution in [0.15, 0.2) is 0 Å². The molecule has 0 saturated carbocycles. The number of aliphatic hydroxyl groups is 1. The first-order valence-electron chi connectivity index (χ1n) is 1.52. The lowest BCUT2D eigenvalue weighted by Crippen LogP contribution is -1.69. The second kappa shape index (κ2) is 9.07. The quantitative estimate of drug-likeness (QED) is 0.464. The molecule has 31 valence electrons. The second-order valence-electron chi connectivity index (χ2n) is 0.724. The van der Waals surface area contributed by atoms with E-state index in [0.717, 1.165) is 6.42 Å². The smallest absolute Gasteiger partial charge is 0.0428 e. The summed E-state index contributed by atoms with van der Waals surface area (Å²) in [6, 6.07) is 0. The Balaban J connectivity index is 0. The molecule has 0 amide bonds. The Labute approximate surface area is 32.4 Å². The molecule has 0 heterocycles. The standard InChI is InChI=1S/C3H8O.N/c1-2-3-4;/h4H,2-3H2,1H3;. The fourth-order valence-electron chi connectivity index (χ4n) is 0. The van der Waals surface area contributed by atoms with Gasteiger partial charge < -0.3 is 5.11 Å². The predicted octanol–water partition coefficient (Wildman–Crippen LogP) is -0.0919. The van der Waals surface area contributed by atoms with Gasteiger partial charge in [-0.2, -0.15) is 0 Å². The van der Waals surface area contributed by atoms with Crippen LogP contribution in [0.5, 0.6) is 0 Å². The number of nitrogens with zero attached hydrogens (tertiary/aromatic N) is 1. The number of rotatable bonds is 1. The highest BCUT2D eigenvalue weighted by Gasteiger charge is 1.57. The van der Waals surface area contributed by atoms with E-state index in [4.69, 9.17) is 5.11 Å². The van der Waals surface area contributed by atoms with Crippen molar-refractivity contribution in [2.45, 2.75) is 13.3 Å². The zero-order chi connectivity index (χ0) is 3.41. The van der Waals surface area contributed by atoms with E-state index in [0.29, 0.717) is 6.61 Å². The molecule has 3 radical (unpaired) electrons. The fraction of sp³-hybridized carbons (Fsp3) is 1.00. The van der Waals surface area contributed by atoms with Crippen molar-refractivity contribution in [1.29, 1.82) is 0 Å². The van der Waals surface area contributed by atoms with Crippen molar-refractivity contribution >= 4 is 0 Å². The molecule has 0 unspecified atom stereocenters. The van der Waals surface area contributed by atoms with Crippen LogP contribution in [0.1, 0.15) is 13.3 Å². The third-order valence-corrected chi connectivity index (χ3v) is 0.224. The van der Waals surface area contributed by atoms with Crippen LogP contribution in [0.3, 0.4) is 0 Å². The SMILES string of the molecule is CCCO.[N]. The van der Waals surface area contributed by atoms with E-state index in [2.05, 4.69) is 0 Å². The summed E-state index contributed by atoms with van der Waals surface area (Å²) < 4.78 is 0. The van der Waals surface area contributed by atoms with E-state index in [1.807, 2.05) is 6.92 Å². The summed E-state index contributed by atoms with van der Waals surface area (Å²) >= 11 is 0. The average molecular weight is 74.1 g/mol. The van der Waals surface area contributed by atoms with E-state index in [1.165, 1.54) is 0 Å². The first kappa shape index (κ1) is 8.87. The molecule has 0 bridgehead atoms. The van der Waals surface area contributed by atoms with E-state index >= 15 is 0 Å². The summed E-state index contributed by atoms with van der Waals surface area (Å²) in [4.78, 5) is 0. The first-order chi connectivity index (χ1) is 1.91. The van der Waals surface area contributed by atoms with Crippen molar-refractivity contribution in [3.05, 3.63) is 0 Å². The molecule has 0 aliphatic carbocycles. The lowest BCUT2D eigenvalue weighted by atomic mass is 10.5. The molecular weight excluding hydrogens is 66.0 g/mol. The van der Waals surface area contributed by atoms with Crippen LogP contribution in [-0.4, -0.2) is 11.7 Å². The molecule has 1 N–H and O–H groups in total. The molecular formula is C3H8NO. The monoisotopic (exact) mass is 74.1 g/mol. The van der Waals surface area contributed by atoms with Gasteiger partial charge in [-0.1, -0.05) is 6.92 Å². The second-order valence-corrected chi connectivity index (χ2v) is 0.724. The van der Waals surface area contributed by atoms with E-state index in [1.54, 1.807) is 0 Å². The summed E-state index contributed by atoms with van der Waals surface area (Å²) in [7, 11) is 0. The summed E-state index contributed by atoms with van der Waals surface area (Å²) in [5.74, 6) is 0. The fourth-order valence-corrected chi connectivity index (χ4v) is 0. The molecule has 0 atom stereocenters. The third-order valence-electron chi connectivity index (χ3n) is 0.224. The van der Waals surface area contributed by atoms with Crippen LogP contribution in [0.4, 0.5) is 0 Å². The maximum absolute atomic E-state index is 7.88. The van der Waals surface area contributed by atoms with Crippen molar-refractivity contribution in [3.63, 3.8) is 0 Å². The molecule has 0 aliphatic heterocycles. The zero-order valence-electron chi connectivity index (χ0n) is 3.31. The Hall–Kier alpha value is -0.0800. The Morgan fingerprint density at radius 1 is 1.60 bits per heavy atom. The van der Waals surface area contributed by atoms with Gasteiger partial charge in [0.2, 0.25) is 0 Å². The molecule has 2 nitrogen and oxygen atoms in total. The molecule has 0 aliphatic rings. The number of hydrogen-bond acceptors (Lipinski definition) is 1. The van der Waals surface area contributed by atoms with Crippen molar-refractivity contribution in [3.8, 4) is 0 Å². The van der Waals surface area contributed by atoms with E-state index in [-0.39, 0.29) is 6.15 Å². The maximum atomic E-state index is 7.88. The minimum absolute atomic E-state index is 0. The molecule has 0 fully saturated rings. The van der Waals surface area contributed by atoms with Crippen LogP contribution in [-0.2, 0) is 0 Å². The summed E-state index contributed by atoms with van der Waals surface area (Å²) in [6.07, 6.45) is 0.875. The molecule has 0 rings (SSSR count). The van der Waals surface area contributed by atoms with Crippen LogP contribution in [0, 0.1) is 0 Å². The minimum atomic E-state index is 0. The summed E-state index contributed by atoms with van der Waals surface area (Å²) in [5, 5.41) is 7.88. The van der Waals surface area contributed by atoms with Crippen molar-refractivity contribution in [1.82, 2.24) is 6.15 Å². The largest absolute Gasteiger partial charge is 0.396 e. The first-order valence-corrected chi connectivity index (χ1v) is 1.52. The van der Waals surface area contributed by atoms with Crippen molar-refractivity contribution in [2.75, 3.05) is 6.61 Å². The highest BCUT2D eigenvalue weighted by Crippen LogP contribution is 1.61. The topological polar surface area (TPSA) is 50.7 Å². The van der Waals surface area contributed by atoms with Crippen molar-refractivity contribution in [2.24, 2.45) is 0 Å². The van der Waals surface area contributed by atoms with Gasteiger partial charge in [-0.15, -0.1) is 0 Å². The summed E-state index contributed by atoms with van der Waals surface area (Å²) in [6.45, 7) is 2.25. The number of aliphatic hydroxyl groups excluding tert-OH is 1. The van der Waals surface area contributed by atoms with Gasteiger partial charge in [0, 0.05) is 12.8 Å². The molecule has 0 aromatic rings. The number of hydrogen-bond donors (Lipinski definition) is 1. The van der Waals surface area contributed by atoms with Crippen LogP contribution in [0.2, 0.25) is 0 Å². The molecule has 0 saturated heterocycles.